The van der Waals surface area contributed by atoms with Gasteiger partial charge in [0.1, 0.15) is 0 Å². The lowest BCUT2D eigenvalue weighted by Gasteiger charge is -2.16. The molecule has 0 aliphatic rings. The highest BCUT2D eigenvalue weighted by atomic mass is 79.9. The zero-order valence-electron chi connectivity index (χ0n) is 10.8. The maximum Gasteiger partial charge on any atom is 0.416 e. The monoisotopic (exact) mass is 343 g/mol. The summed E-state index contributed by atoms with van der Waals surface area (Å²) in [4.78, 5) is 3.80. The number of alkyl halides is 4. The second kappa shape index (κ2) is 5.95. The summed E-state index contributed by atoms with van der Waals surface area (Å²) in [6, 6.07) is 9.34. The van der Waals surface area contributed by atoms with Crippen molar-refractivity contribution in [1.82, 2.24) is 4.98 Å². The summed E-state index contributed by atoms with van der Waals surface area (Å²) in [5, 5.41) is 0. The van der Waals surface area contributed by atoms with Crippen molar-refractivity contribution in [2.45, 2.75) is 24.3 Å². The van der Waals surface area contributed by atoms with Gasteiger partial charge < -0.3 is 0 Å². The van der Waals surface area contributed by atoms with Crippen molar-refractivity contribution >= 4 is 15.9 Å². The summed E-state index contributed by atoms with van der Waals surface area (Å²) in [7, 11) is 0. The van der Waals surface area contributed by atoms with Crippen molar-refractivity contribution in [3.05, 3.63) is 65.0 Å². The van der Waals surface area contributed by atoms with Gasteiger partial charge in [-0.2, -0.15) is 13.2 Å². The van der Waals surface area contributed by atoms with Crippen LogP contribution in [0.2, 0.25) is 0 Å². The number of pyridine rings is 1. The molecular weight excluding hydrogens is 331 g/mol. The number of benzene rings is 1. The first-order valence-corrected chi connectivity index (χ1v) is 7.01. The average molecular weight is 344 g/mol. The van der Waals surface area contributed by atoms with Gasteiger partial charge in [0.15, 0.2) is 0 Å². The maximum absolute atomic E-state index is 13.0. The number of hydrogen-bond donors (Lipinski definition) is 0. The van der Waals surface area contributed by atoms with Gasteiger partial charge in [0.05, 0.1) is 5.56 Å². The van der Waals surface area contributed by atoms with Crippen LogP contribution in [-0.2, 0) is 12.6 Å². The molecule has 0 bridgehead atoms. The predicted molar refractivity (Wildman–Crippen MR) is 75.8 cm³/mol. The fraction of sp³-hybridized carbons (Fsp3) is 0.267. The van der Waals surface area contributed by atoms with E-state index in [1.165, 1.54) is 12.1 Å². The van der Waals surface area contributed by atoms with Crippen LogP contribution in [0.4, 0.5) is 13.2 Å². The van der Waals surface area contributed by atoms with Crippen LogP contribution in [0.15, 0.2) is 42.6 Å². The van der Waals surface area contributed by atoms with Gasteiger partial charge >= 0.3 is 6.18 Å². The third-order valence-electron chi connectivity index (χ3n) is 2.96. The Hall–Kier alpha value is -1.36. The van der Waals surface area contributed by atoms with Gasteiger partial charge in [-0.15, -0.1) is 0 Å². The number of hydrogen-bond acceptors (Lipinski definition) is 1. The van der Waals surface area contributed by atoms with E-state index < -0.39 is 16.6 Å². The summed E-state index contributed by atoms with van der Waals surface area (Å²) in [6.07, 6.45) is -2.22. The van der Waals surface area contributed by atoms with E-state index in [2.05, 4.69) is 20.9 Å². The Morgan fingerprint density at radius 2 is 1.85 bits per heavy atom. The molecule has 0 saturated heterocycles. The van der Waals surface area contributed by atoms with Crippen LogP contribution in [0.25, 0.3) is 0 Å². The zero-order valence-corrected chi connectivity index (χ0v) is 12.4. The Balaban J connectivity index is 2.25. The van der Waals surface area contributed by atoms with Crippen LogP contribution in [0.3, 0.4) is 0 Å². The van der Waals surface area contributed by atoms with Gasteiger partial charge in [-0.3, -0.25) is 4.98 Å². The van der Waals surface area contributed by atoms with Gasteiger partial charge in [0, 0.05) is 23.1 Å². The molecule has 0 aliphatic heterocycles. The Kier molecular flexibility index (Phi) is 4.48. The molecule has 1 heterocycles. The number of aryl methyl sites for hydroxylation is 1. The molecule has 0 radical (unpaired) electrons. The van der Waals surface area contributed by atoms with E-state index in [0.717, 1.165) is 17.3 Å². The molecule has 0 N–H and O–H groups in total. The van der Waals surface area contributed by atoms with Crippen LogP contribution in [0.1, 0.15) is 27.2 Å². The molecule has 1 aromatic carbocycles. The average Bonchev–Trinajstić information content (AvgIpc) is 2.40. The molecule has 1 nitrogen and oxygen atoms in total. The van der Waals surface area contributed by atoms with Gasteiger partial charge in [-0.05, 0) is 30.2 Å². The quantitative estimate of drug-likeness (QED) is 0.707. The van der Waals surface area contributed by atoms with Crippen molar-refractivity contribution in [3.63, 3.8) is 0 Å². The number of halogens is 4. The summed E-state index contributed by atoms with van der Waals surface area (Å²) in [5.41, 5.74) is 1.42. The fourth-order valence-electron chi connectivity index (χ4n) is 1.94. The van der Waals surface area contributed by atoms with Crippen LogP contribution < -0.4 is 0 Å². The highest BCUT2D eigenvalue weighted by Gasteiger charge is 2.34. The van der Waals surface area contributed by atoms with Crippen molar-refractivity contribution in [2.24, 2.45) is 0 Å². The first-order valence-electron chi connectivity index (χ1n) is 6.09. The third-order valence-corrected chi connectivity index (χ3v) is 3.78. The van der Waals surface area contributed by atoms with Crippen LogP contribution in [-0.4, -0.2) is 4.98 Å². The number of rotatable bonds is 3. The first kappa shape index (κ1) is 15.0. The highest BCUT2D eigenvalue weighted by molar-refractivity contribution is 9.09. The largest absolute Gasteiger partial charge is 0.416 e. The molecule has 0 fully saturated rings. The van der Waals surface area contributed by atoms with E-state index >= 15 is 0 Å². The fourth-order valence-corrected chi connectivity index (χ4v) is 2.67. The van der Waals surface area contributed by atoms with E-state index in [9.17, 15) is 13.2 Å². The number of aromatic nitrogens is 1. The topological polar surface area (TPSA) is 12.9 Å². The second-order valence-electron chi connectivity index (χ2n) is 4.58. The smallest absolute Gasteiger partial charge is 0.261 e. The Bertz CT molecular complexity index is 578. The standard InChI is InChI=1S/C15H13BrF3N/c1-10-6-7-11(20-9-10)8-14(16)12-4-2-3-5-13(12)15(17,18)19/h2-7,9,14H,8H2,1H3. The number of nitrogens with zero attached hydrogens (tertiary/aromatic N) is 1. The van der Waals surface area contributed by atoms with Crippen LogP contribution in [0.5, 0.6) is 0 Å². The molecular formula is C15H13BrF3N. The van der Waals surface area contributed by atoms with Crippen LogP contribution in [0, 0.1) is 6.92 Å². The molecule has 0 amide bonds. The van der Waals surface area contributed by atoms with Crippen molar-refractivity contribution in [1.29, 1.82) is 0 Å². The lowest BCUT2D eigenvalue weighted by Crippen LogP contribution is -2.11. The zero-order chi connectivity index (χ0) is 14.8. The molecule has 1 aromatic heterocycles. The molecule has 1 unspecified atom stereocenters. The maximum atomic E-state index is 13.0. The van der Waals surface area contributed by atoms with Crippen molar-refractivity contribution in [3.8, 4) is 0 Å². The van der Waals surface area contributed by atoms with Gasteiger partial charge in [-0.25, -0.2) is 0 Å². The summed E-state index contributed by atoms with van der Waals surface area (Å²) in [6.45, 7) is 1.92. The second-order valence-corrected chi connectivity index (χ2v) is 5.69. The molecule has 0 aliphatic carbocycles. The van der Waals surface area contributed by atoms with Crippen molar-refractivity contribution in [2.75, 3.05) is 0 Å². The Labute approximate surface area is 124 Å². The van der Waals surface area contributed by atoms with Gasteiger partial charge in [0.25, 0.3) is 0 Å². The SMILES string of the molecule is Cc1ccc(CC(Br)c2ccccc2C(F)(F)F)nc1. The summed E-state index contributed by atoms with van der Waals surface area (Å²) >= 11 is 3.34. The summed E-state index contributed by atoms with van der Waals surface area (Å²) in [5.74, 6) is 0. The molecule has 0 spiro atoms. The minimum absolute atomic E-state index is 0.238. The molecule has 20 heavy (non-hydrogen) atoms. The minimum Gasteiger partial charge on any atom is -0.261 e. The Morgan fingerprint density at radius 3 is 2.45 bits per heavy atom. The van der Waals surface area contributed by atoms with E-state index in [1.54, 1.807) is 12.3 Å². The molecule has 106 valence electrons. The molecule has 5 heteroatoms. The molecule has 0 saturated carbocycles. The summed E-state index contributed by atoms with van der Waals surface area (Å²) < 4.78 is 38.9. The van der Waals surface area contributed by atoms with Gasteiger partial charge in [0.2, 0.25) is 0 Å². The lowest BCUT2D eigenvalue weighted by molar-refractivity contribution is -0.138. The normalized spacial score (nSPS) is 13.2. The van der Waals surface area contributed by atoms with E-state index in [-0.39, 0.29) is 5.56 Å². The third kappa shape index (κ3) is 3.60. The van der Waals surface area contributed by atoms with Gasteiger partial charge in [-0.1, -0.05) is 40.2 Å². The predicted octanol–water partition coefficient (Wildman–Crippen LogP) is 5.09. The highest BCUT2D eigenvalue weighted by Crippen LogP contribution is 2.38. The molecule has 2 aromatic rings. The Morgan fingerprint density at radius 1 is 1.15 bits per heavy atom. The minimum atomic E-state index is -4.34. The van der Waals surface area contributed by atoms with E-state index in [0.29, 0.717) is 6.42 Å². The molecule has 1 atom stereocenters. The lowest BCUT2D eigenvalue weighted by atomic mass is 10.0. The van der Waals surface area contributed by atoms with Crippen molar-refractivity contribution < 1.29 is 13.2 Å². The van der Waals surface area contributed by atoms with E-state index in [4.69, 9.17) is 0 Å². The van der Waals surface area contributed by atoms with E-state index in [1.807, 2.05) is 19.1 Å². The van der Waals surface area contributed by atoms with Crippen LogP contribution >= 0.6 is 15.9 Å². The first-order chi connectivity index (χ1) is 9.38. The molecule has 2 rings (SSSR count).